The van der Waals surface area contributed by atoms with E-state index >= 15 is 0 Å². The van der Waals surface area contributed by atoms with Gasteiger partial charge in [-0.3, -0.25) is 0 Å². The van der Waals surface area contributed by atoms with Crippen LogP contribution in [-0.4, -0.2) is 47.0 Å². The van der Waals surface area contributed by atoms with Gasteiger partial charge in [0.1, 0.15) is 0 Å². The van der Waals surface area contributed by atoms with Crippen molar-refractivity contribution in [2.45, 2.75) is 23.0 Å². The fourth-order valence-corrected chi connectivity index (χ4v) is 4.04. The fraction of sp³-hybridized carbons (Fsp3) is 0.353. The van der Waals surface area contributed by atoms with Gasteiger partial charge in [0.15, 0.2) is 0 Å². The first-order chi connectivity index (χ1) is 12.1. The number of nitriles is 1. The van der Waals surface area contributed by atoms with Crippen LogP contribution >= 0.6 is 11.8 Å². The minimum Gasteiger partial charge on any atom is -0.342 e. The number of benzene rings is 1. The highest BCUT2D eigenvalue weighted by Crippen LogP contribution is 2.35. The Bertz CT molecular complexity index is 834. The summed E-state index contributed by atoms with van der Waals surface area (Å²) in [4.78, 5) is 31.4. The minimum atomic E-state index is -1.34. The molecule has 1 saturated heterocycles. The molecule has 2 heterocycles. The van der Waals surface area contributed by atoms with Crippen LogP contribution in [0.5, 0.6) is 0 Å². The molecular formula is C17H17N3O4S. The lowest BCUT2D eigenvalue weighted by Crippen LogP contribution is -2.31. The zero-order valence-electron chi connectivity index (χ0n) is 13.7. The molecule has 1 aliphatic rings. The number of esters is 1. The molecule has 3 rings (SSSR count). The molecule has 7 nitrogen and oxygen atoms in total. The molecule has 0 radical (unpaired) electrons. The number of para-hydroxylation sites is 1. The number of carbonyl (C=O) groups is 2. The molecule has 1 fully saturated rings. The molecule has 1 aliphatic heterocycles. The third-order valence-corrected chi connectivity index (χ3v) is 5.47. The van der Waals surface area contributed by atoms with Crippen molar-refractivity contribution in [3.63, 3.8) is 0 Å². The van der Waals surface area contributed by atoms with Crippen molar-refractivity contribution in [3.8, 4) is 6.26 Å². The Kier molecular flexibility index (Phi) is 5.26. The summed E-state index contributed by atoms with van der Waals surface area (Å²) in [7, 11) is 2.12. The lowest BCUT2D eigenvalue weighted by Gasteiger charge is -2.28. The first-order valence-electron chi connectivity index (χ1n) is 7.86. The predicted octanol–water partition coefficient (Wildman–Crippen LogP) is 1.81. The summed E-state index contributed by atoms with van der Waals surface area (Å²) in [6.07, 6.45) is 5.05. The Labute approximate surface area is 149 Å². The van der Waals surface area contributed by atoms with Crippen molar-refractivity contribution >= 4 is 34.6 Å². The molecule has 1 aromatic carbocycles. The number of thioether (sulfide) groups is 1. The predicted molar refractivity (Wildman–Crippen MR) is 91.6 cm³/mol. The maximum Gasteiger partial charge on any atom is 0.443 e. The summed E-state index contributed by atoms with van der Waals surface area (Å²) in [5, 5.41) is 9.76. The Hall–Kier alpha value is -2.50. The van der Waals surface area contributed by atoms with Gasteiger partial charge in [-0.05, 0) is 39.0 Å². The molecule has 0 aliphatic carbocycles. The van der Waals surface area contributed by atoms with Crippen molar-refractivity contribution < 1.29 is 19.2 Å². The topological polar surface area (TPSA) is 84.6 Å². The number of piperidine rings is 1. The van der Waals surface area contributed by atoms with E-state index in [0.717, 1.165) is 36.2 Å². The van der Waals surface area contributed by atoms with E-state index in [1.807, 2.05) is 18.2 Å². The third-order valence-electron chi connectivity index (χ3n) is 4.09. The van der Waals surface area contributed by atoms with Gasteiger partial charge in [-0.25, -0.2) is 9.59 Å². The maximum absolute atomic E-state index is 11.7. The van der Waals surface area contributed by atoms with Gasteiger partial charge in [0.25, 0.3) is 6.26 Å². The Morgan fingerprint density at radius 2 is 1.96 bits per heavy atom. The summed E-state index contributed by atoms with van der Waals surface area (Å²) in [6, 6.07) is 7.49. The van der Waals surface area contributed by atoms with Gasteiger partial charge in [0, 0.05) is 15.5 Å². The Balaban J connectivity index is 1.82. The fourth-order valence-electron chi connectivity index (χ4n) is 2.78. The number of nitrogens with zero attached hydrogens (tertiary/aromatic N) is 3. The minimum absolute atomic E-state index is 0.495. The second kappa shape index (κ2) is 7.59. The Morgan fingerprint density at radius 1 is 1.24 bits per heavy atom. The lowest BCUT2D eigenvalue weighted by atomic mass is 10.1. The van der Waals surface area contributed by atoms with E-state index in [0.29, 0.717) is 10.8 Å². The zero-order chi connectivity index (χ0) is 17.8. The van der Waals surface area contributed by atoms with Crippen molar-refractivity contribution in [1.82, 2.24) is 9.63 Å². The van der Waals surface area contributed by atoms with Gasteiger partial charge >= 0.3 is 11.9 Å². The molecule has 0 N–H and O–H groups in total. The summed E-state index contributed by atoms with van der Waals surface area (Å²) < 4.78 is 5.25. The van der Waals surface area contributed by atoms with Crippen molar-refractivity contribution in [2.24, 2.45) is 0 Å². The molecule has 130 valence electrons. The number of carbonyl (C=O) groups excluding carboxylic acids is 2. The van der Waals surface area contributed by atoms with Crippen molar-refractivity contribution in [3.05, 3.63) is 30.5 Å². The van der Waals surface area contributed by atoms with Gasteiger partial charge in [0.2, 0.25) is 0 Å². The highest BCUT2D eigenvalue weighted by molar-refractivity contribution is 8.00. The lowest BCUT2D eigenvalue weighted by molar-refractivity contribution is -0.163. The second-order valence-electron chi connectivity index (χ2n) is 5.82. The first kappa shape index (κ1) is 17.3. The highest BCUT2D eigenvalue weighted by atomic mass is 32.2. The largest absolute Gasteiger partial charge is 0.443 e. The van der Waals surface area contributed by atoms with Crippen molar-refractivity contribution in [2.75, 3.05) is 20.1 Å². The van der Waals surface area contributed by atoms with Crippen LogP contribution in [0.15, 0.2) is 35.4 Å². The summed E-state index contributed by atoms with van der Waals surface area (Å²) in [5.74, 6) is -2.58. The van der Waals surface area contributed by atoms with Gasteiger partial charge in [-0.15, -0.1) is 17.0 Å². The number of rotatable bonds is 3. The van der Waals surface area contributed by atoms with E-state index in [1.165, 1.54) is 11.0 Å². The third kappa shape index (κ3) is 3.95. The van der Waals surface area contributed by atoms with Crippen molar-refractivity contribution in [1.29, 1.82) is 5.26 Å². The SMILES string of the molecule is CN1CCC(Sc2cn(OC(=O)C(=O)OC#N)c3ccccc23)CC1. The van der Waals surface area contributed by atoms with Gasteiger partial charge in [0.05, 0.1) is 11.7 Å². The number of hydrogen-bond acceptors (Lipinski definition) is 7. The zero-order valence-corrected chi connectivity index (χ0v) is 14.5. The van der Waals surface area contributed by atoms with Crippen LogP contribution in [0, 0.1) is 11.5 Å². The number of hydrogen-bond donors (Lipinski definition) is 0. The normalized spacial score (nSPS) is 15.7. The average Bonchev–Trinajstić information content (AvgIpc) is 2.95. The summed E-state index contributed by atoms with van der Waals surface area (Å²) in [5.41, 5.74) is 0.677. The van der Waals surface area contributed by atoms with E-state index in [4.69, 9.17) is 10.1 Å². The maximum atomic E-state index is 11.7. The molecule has 1 aromatic heterocycles. The molecule has 0 unspecified atom stereocenters. The van der Waals surface area contributed by atoms with E-state index < -0.39 is 11.9 Å². The average molecular weight is 359 g/mol. The molecule has 0 atom stereocenters. The van der Waals surface area contributed by atoms with Crippen LogP contribution < -0.4 is 4.84 Å². The van der Waals surface area contributed by atoms with Crippen LogP contribution in [0.25, 0.3) is 10.9 Å². The Morgan fingerprint density at radius 3 is 2.68 bits per heavy atom. The van der Waals surface area contributed by atoms with E-state index in [-0.39, 0.29) is 0 Å². The molecule has 8 heteroatoms. The number of aromatic nitrogens is 1. The number of likely N-dealkylation sites (tertiary alicyclic amines) is 1. The molecule has 25 heavy (non-hydrogen) atoms. The van der Waals surface area contributed by atoms with Crippen LogP contribution in [0.3, 0.4) is 0 Å². The van der Waals surface area contributed by atoms with Gasteiger partial charge in [-0.2, -0.15) is 4.73 Å². The standard InChI is InChI=1S/C17H17N3O4S/c1-19-8-6-12(7-9-19)25-15-10-20(14-5-3-2-4-13(14)15)24-17(22)16(21)23-11-18/h2-5,10,12H,6-9H2,1H3. The smallest absolute Gasteiger partial charge is 0.342 e. The number of fused-ring (bicyclic) bond motifs is 1. The monoisotopic (exact) mass is 359 g/mol. The highest BCUT2D eigenvalue weighted by Gasteiger charge is 2.23. The van der Waals surface area contributed by atoms with E-state index in [1.54, 1.807) is 24.0 Å². The van der Waals surface area contributed by atoms with Crippen LogP contribution in [-0.2, 0) is 14.3 Å². The van der Waals surface area contributed by atoms with E-state index in [2.05, 4.69) is 16.7 Å². The van der Waals surface area contributed by atoms with Gasteiger partial charge in [-0.1, -0.05) is 18.2 Å². The molecule has 0 amide bonds. The number of ether oxygens (including phenoxy) is 1. The van der Waals surface area contributed by atoms with Crippen LogP contribution in [0.4, 0.5) is 0 Å². The quantitative estimate of drug-likeness (QED) is 0.469. The molecule has 0 spiro atoms. The molecule has 0 bridgehead atoms. The van der Waals surface area contributed by atoms with Crippen LogP contribution in [0.1, 0.15) is 12.8 Å². The summed E-state index contributed by atoms with van der Waals surface area (Å²) >= 11 is 1.76. The first-order valence-corrected chi connectivity index (χ1v) is 8.74. The van der Waals surface area contributed by atoms with E-state index in [9.17, 15) is 9.59 Å². The molecule has 2 aromatic rings. The summed E-state index contributed by atoms with van der Waals surface area (Å²) in [6.45, 7) is 2.12. The second-order valence-corrected chi connectivity index (χ2v) is 7.16. The van der Waals surface area contributed by atoms with Crippen LogP contribution in [0.2, 0.25) is 0 Å². The molecular weight excluding hydrogens is 342 g/mol. The molecule has 0 saturated carbocycles. The van der Waals surface area contributed by atoms with Gasteiger partial charge < -0.3 is 14.5 Å².